The number of benzene rings is 2. The monoisotopic (exact) mass is 548 g/mol. The number of ketones is 1. The van der Waals surface area contributed by atoms with Crippen LogP contribution in [0.1, 0.15) is 44.8 Å². The summed E-state index contributed by atoms with van der Waals surface area (Å²) in [4.78, 5) is 66.3. The molecule has 3 aromatic rings. The summed E-state index contributed by atoms with van der Waals surface area (Å²) in [6, 6.07) is 11.3. The minimum Gasteiger partial charge on any atom is -0.496 e. The lowest BCUT2D eigenvalue weighted by Gasteiger charge is -2.20. The molecule has 4 N–H and O–H groups in total. The highest BCUT2D eigenvalue weighted by molar-refractivity contribution is 6.01. The average Bonchev–Trinajstić information content (AvgIpc) is 3.55. The van der Waals surface area contributed by atoms with Gasteiger partial charge in [-0.15, -0.1) is 0 Å². The number of H-pyrrole nitrogens is 1. The van der Waals surface area contributed by atoms with E-state index in [0.29, 0.717) is 40.9 Å². The largest absolute Gasteiger partial charge is 0.496 e. The molecule has 0 aliphatic carbocycles. The van der Waals surface area contributed by atoms with E-state index in [1.165, 1.54) is 7.11 Å². The van der Waals surface area contributed by atoms with Gasteiger partial charge in [0.25, 0.3) is 5.91 Å². The molecular weight excluding hydrogens is 516 g/mol. The number of fused-ring (bicyclic) bond motifs is 1. The first-order chi connectivity index (χ1) is 19.2. The smallest absolute Gasteiger partial charge is 0.339 e. The summed E-state index contributed by atoms with van der Waals surface area (Å²) in [5.41, 5.74) is 2.75. The molecule has 1 saturated heterocycles. The number of aromatic amines is 1. The Morgan fingerprint density at radius 3 is 2.48 bits per heavy atom. The number of Topliss-reactive ketones (excluding diaryl/α,β-unsaturated/α-hetero) is 1. The number of carbonyl (C=O) groups excluding carboxylic acids is 5. The minimum atomic E-state index is -1.08. The highest BCUT2D eigenvalue weighted by Crippen LogP contribution is 2.26. The first kappa shape index (κ1) is 28.3. The third kappa shape index (κ3) is 6.48. The molecule has 210 valence electrons. The quantitative estimate of drug-likeness (QED) is 0.267. The second kappa shape index (κ2) is 12.5. The molecule has 2 aromatic carbocycles. The van der Waals surface area contributed by atoms with E-state index < -0.39 is 48.7 Å². The first-order valence-electron chi connectivity index (χ1n) is 12.9. The molecule has 0 saturated carbocycles. The molecule has 0 radical (unpaired) electrons. The van der Waals surface area contributed by atoms with Gasteiger partial charge in [-0.05, 0) is 56.0 Å². The van der Waals surface area contributed by atoms with Crippen LogP contribution in [0.4, 0.5) is 0 Å². The Balaban J connectivity index is 1.38. The van der Waals surface area contributed by atoms with E-state index in [2.05, 4.69) is 20.9 Å². The number of aromatic nitrogens is 1. The van der Waals surface area contributed by atoms with Gasteiger partial charge in [0.1, 0.15) is 11.4 Å². The standard InChI is InChI=1S/C29H32N4O7/c1-16-6-4-7-17(2)26(16)29(38)40-15-23(34)21(12-18-10-11-30-27(18)36)33-25(35)14-31-28(37)22-13-19-20(32-22)8-5-9-24(19)39-3/h4-9,13,18,21,32H,10-12,14-15H2,1-3H3,(H,30,36)(H,31,37)(H,33,35)/t18-,21?/m0/s1. The van der Waals surface area contributed by atoms with Gasteiger partial charge in [0.05, 0.1) is 25.3 Å². The van der Waals surface area contributed by atoms with Crippen molar-refractivity contribution in [1.29, 1.82) is 0 Å². The summed E-state index contributed by atoms with van der Waals surface area (Å²) < 4.78 is 10.6. The zero-order chi connectivity index (χ0) is 28.8. The fourth-order valence-electron chi connectivity index (χ4n) is 4.80. The number of ether oxygens (including phenoxy) is 2. The number of carbonyl (C=O) groups is 5. The summed E-state index contributed by atoms with van der Waals surface area (Å²) in [6.45, 7) is 3.04. The van der Waals surface area contributed by atoms with E-state index in [1.54, 1.807) is 50.2 Å². The molecule has 0 spiro atoms. The number of amides is 3. The van der Waals surface area contributed by atoms with E-state index in [-0.39, 0.29) is 18.0 Å². The Bertz CT molecular complexity index is 1440. The van der Waals surface area contributed by atoms with Gasteiger partial charge >= 0.3 is 5.97 Å². The van der Waals surface area contributed by atoms with Gasteiger partial charge in [-0.2, -0.15) is 0 Å². The summed E-state index contributed by atoms with van der Waals surface area (Å²) in [6.07, 6.45) is 0.564. The number of methoxy groups -OCH3 is 1. The van der Waals surface area contributed by atoms with Crippen LogP contribution >= 0.6 is 0 Å². The average molecular weight is 549 g/mol. The minimum absolute atomic E-state index is 0.0487. The van der Waals surface area contributed by atoms with Crippen LogP contribution in [0.3, 0.4) is 0 Å². The van der Waals surface area contributed by atoms with Gasteiger partial charge in [-0.1, -0.05) is 24.3 Å². The van der Waals surface area contributed by atoms with Crippen LogP contribution in [0.25, 0.3) is 10.9 Å². The molecule has 1 aliphatic heterocycles. The molecule has 1 aliphatic rings. The second-order valence-electron chi connectivity index (χ2n) is 9.73. The highest BCUT2D eigenvalue weighted by Gasteiger charge is 2.32. The normalized spacial score (nSPS) is 15.3. The maximum absolute atomic E-state index is 13.1. The van der Waals surface area contributed by atoms with Crippen molar-refractivity contribution in [2.75, 3.05) is 26.8 Å². The predicted octanol–water partition coefficient (Wildman–Crippen LogP) is 1.96. The van der Waals surface area contributed by atoms with E-state index >= 15 is 0 Å². The molecule has 2 atom stereocenters. The van der Waals surface area contributed by atoms with Crippen LogP contribution < -0.4 is 20.7 Å². The van der Waals surface area contributed by atoms with Crippen molar-refractivity contribution >= 4 is 40.4 Å². The van der Waals surface area contributed by atoms with Gasteiger partial charge in [0.15, 0.2) is 12.4 Å². The molecule has 4 rings (SSSR count). The van der Waals surface area contributed by atoms with Crippen molar-refractivity contribution in [3.63, 3.8) is 0 Å². The van der Waals surface area contributed by atoms with E-state index in [4.69, 9.17) is 9.47 Å². The van der Waals surface area contributed by atoms with E-state index in [0.717, 1.165) is 5.39 Å². The van der Waals surface area contributed by atoms with Crippen molar-refractivity contribution in [1.82, 2.24) is 20.9 Å². The number of hydrogen-bond acceptors (Lipinski definition) is 7. The Labute approximate surface area is 231 Å². The van der Waals surface area contributed by atoms with Crippen LogP contribution in [0, 0.1) is 19.8 Å². The number of nitrogens with one attached hydrogen (secondary N) is 4. The van der Waals surface area contributed by atoms with Crippen molar-refractivity contribution < 1.29 is 33.4 Å². The number of aryl methyl sites for hydroxylation is 2. The maximum Gasteiger partial charge on any atom is 0.339 e. The summed E-state index contributed by atoms with van der Waals surface area (Å²) in [7, 11) is 1.53. The van der Waals surface area contributed by atoms with Gasteiger partial charge in [0, 0.05) is 23.4 Å². The van der Waals surface area contributed by atoms with Crippen molar-refractivity contribution in [2.24, 2.45) is 5.92 Å². The predicted molar refractivity (Wildman–Crippen MR) is 146 cm³/mol. The Hall–Kier alpha value is -4.67. The molecular formula is C29H32N4O7. The SMILES string of the molecule is COc1cccc2[nH]c(C(=O)NCC(=O)NC(C[C@@H]3CCNC3=O)C(=O)COC(=O)c3c(C)cccc3C)cc12. The Morgan fingerprint density at radius 2 is 1.80 bits per heavy atom. The van der Waals surface area contributed by atoms with E-state index in [1.807, 2.05) is 6.07 Å². The fourth-order valence-corrected chi connectivity index (χ4v) is 4.80. The van der Waals surface area contributed by atoms with Crippen molar-refractivity contribution in [3.8, 4) is 5.75 Å². The summed E-state index contributed by atoms with van der Waals surface area (Å²) in [5.74, 6) is -2.42. The lowest BCUT2D eigenvalue weighted by Crippen LogP contribution is -2.48. The molecule has 1 unspecified atom stereocenters. The number of hydrogen-bond donors (Lipinski definition) is 4. The second-order valence-corrected chi connectivity index (χ2v) is 9.73. The van der Waals surface area contributed by atoms with Crippen LogP contribution in [-0.4, -0.2) is 67.3 Å². The van der Waals surface area contributed by atoms with Crippen LogP contribution in [0.5, 0.6) is 5.75 Å². The summed E-state index contributed by atoms with van der Waals surface area (Å²) >= 11 is 0. The zero-order valence-electron chi connectivity index (χ0n) is 22.6. The third-order valence-corrected chi connectivity index (χ3v) is 6.94. The lowest BCUT2D eigenvalue weighted by atomic mass is 9.96. The molecule has 11 nitrogen and oxygen atoms in total. The summed E-state index contributed by atoms with van der Waals surface area (Å²) in [5, 5.41) is 8.56. The third-order valence-electron chi connectivity index (χ3n) is 6.94. The van der Waals surface area contributed by atoms with E-state index in [9.17, 15) is 24.0 Å². The molecule has 1 fully saturated rings. The lowest BCUT2D eigenvalue weighted by molar-refractivity contribution is -0.130. The highest BCUT2D eigenvalue weighted by atomic mass is 16.5. The number of rotatable bonds is 11. The maximum atomic E-state index is 13.1. The topological polar surface area (TPSA) is 156 Å². The Kier molecular flexibility index (Phi) is 8.83. The van der Waals surface area contributed by atoms with Crippen LogP contribution in [-0.2, 0) is 19.1 Å². The van der Waals surface area contributed by atoms with Gasteiger partial charge in [-0.25, -0.2) is 4.79 Å². The van der Waals surface area contributed by atoms with Crippen molar-refractivity contribution in [2.45, 2.75) is 32.7 Å². The molecule has 1 aromatic heterocycles. The van der Waals surface area contributed by atoms with Crippen LogP contribution in [0.2, 0.25) is 0 Å². The Morgan fingerprint density at radius 1 is 1.07 bits per heavy atom. The zero-order valence-corrected chi connectivity index (χ0v) is 22.6. The van der Waals surface area contributed by atoms with Crippen molar-refractivity contribution in [3.05, 3.63) is 64.8 Å². The molecule has 11 heteroatoms. The molecule has 0 bridgehead atoms. The van der Waals surface area contributed by atoms with Crippen LogP contribution in [0.15, 0.2) is 42.5 Å². The molecule has 3 amide bonds. The fraction of sp³-hybridized carbons (Fsp3) is 0.345. The molecule has 40 heavy (non-hydrogen) atoms. The van der Waals surface area contributed by atoms with Gasteiger partial charge in [-0.3, -0.25) is 19.2 Å². The van der Waals surface area contributed by atoms with Gasteiger partial charge in [0.2, 0.25) is 11.8 Å². The molecule has 2 heterocycles. The number of esters is 1. The van der Waals surface area contributed by atoms with Gasteiger partial charge < -0.3 is 30.4 Å². The first-order valence-corrected chi connectivity index (χ1v) is 12.9.